The van der Waals surface area contributed by atoms with Gasteiger partial charge in [-0.3, -0.25) is 9.48 Å². The minimum Gasteiger partial charge on any atom is -0.480 e. The van der Waals surface area contributed by atoms with Crippen molar-refractivity contribution in [2.45, 2.75) is 25.8 Å². The maximum absolute atomic E-state index is 12.7. The van der Waals surface area contributed by atoms with Gasteiger partial charge in [0.2, 0.25) is 0 Å². The second-order valence-electron chi connectivity index (χ2n) is 5.41. The van der Waals surface area contributed by atoms with E-state index in [0.717, 1.165) is 24.1 Å². The number of aryl methyl sites for hydroxylation is 1. The van der Waals surface area contributed by atoms with E-state index in [1.54, 1.807) is 4.90 Å². The first-order valence-electron chi connectivity index (χ1n) is 7.24. The average molecular weight is 299 g/mol. The maximum atomic E-state index is 12.7. The summed E-state index contributed by atoms with van der Waals surface area (Å²) in [5.41, 5.74) is 2.50. The van der Waals surface area contributed by atoms with E-state index in [1.807, 2.05) is 24.3 Å². The van der Waals surface area contributed by atoms with E-state index < -0.39 is 12.0 Å². The normalized spacial score (nSPS) is 15.2. The predicted molar refractivity (Wildman–Crippen MR) is 81.0 cm³/mol. The molecule has 6 heteroatoms. The van der Waals surface area contributed by atoms with Gasteiger partial charge in [-0.2, -0.15) is 5.10 Å². The Hall–Kier alpha value is -2.63. The Morgan fingerprint density at radius 1 is 1.32 bits per heavy atom. The molecule has 0 aliphatic carbocycles. The molecule has 0 saturated carbocycles. The summed E-state index contributed by atoms with van der Waals surface area (Å²) in [6.07, 6.45) is 4.81. The lowest BCUT2D eigenvalue weighted by atomic mass is 10.0. The van der Waals surface area contributed by atoms with Gasteiger partial charge in [0.1, 0.15) is 6.04 Å². The first kappa shape index (κ1) is 14.3. The highest BCUT2D eigenvalue weighted by atomic mass is 16.4. The zero-order valence-electron chi connectivity index (χ0n) is 12.3. The molecule has 3 rings (SSSR count). The van der Waals surface area contributed by atoms with Gasteiger partial charge in [-0.05, 0) is 31.4 Å². The minimum absolute atomic E-state index is 0.143. The molecule has 1 aliphatic rings. The Morgan fingerprint density at radius 3 is 2.86 bits per heavy atom. The summed E-state index contributed by atoms with van der Waals surface area (Å²) in [7, 11) is 0. The Kier molecular flexibility index (Phi) is 3.66. The van der Waals surface area contributed by atoms with Crippen LogP contribution in [0.15, 0.2) is 36.7 Å². The lowest BCUT2D eigenvalue weighted by Gasteiger charge is -2.29. The topological polar surface area (TPSA) is 75.4 Å². The number of carboxylic acids is 1. The van der Waals surface area contributed by atoms with Crippen molar-refractivity contribution >= 4 is 17.6 Å². The van der Waals surface area contributed by atoms with Crippen molar-refractivity contribution in [1.29, 1.82) is 0 Å². The van der Waals surface area contributed by atoms with E-state index in [-0.39, 0.29) is 5.91 Å². The van der Waals surface area contributed by atoms with Crippen molar-refractivity contribution in [2.24, 2.45) is 0 Å². The number of para-hydroxylation sites is 1. The first-order valence-corrected chi connectivity index (χ1v) is 7.24. The molecule has 1 aromatic heterocycles. The molecular weight excluding hydrogens is 282 g/mol. The standard InChI is InChI=1S/C16H17N3O3/c1-11(16(21)22)19-10-13(9-17-19)15(20)18-8-4-6-12-5-2-3-7-14(12)18/h2-3,5,7,9-11H,4,6,8H2,1H3,(H,21,22). The summed E-state index contributed by atoms with van der Waals surface area (Å²) in [6, 6.07) is 7.07. The van der Waals surface area contributed by atoms with Gasteiger partial charge in [0.05, 0.1) is 11.8 Å². The number of rotatable bonds is 3. The van der Waals surface area contributed by atoms with Crippen LogP contribution in [0.3, 0.4) is 0 Å². The molecule has 6 nitrogen and oxygen atoms in total. The third-order valence-electron chi connectivity index (χ3n) is 3.96. The van der Waals surface area contributed by atoms with E-state index in [2.05, 4.69) is 5.10 Å². The van der Waals surface area contributed by atoms with Crippen LogP contribution in [0.4, 0.5) is 5.69 Å². The number of carbonyl (C=O) groups is 2. The van der Waals surface area contributed by atoms with Crippen molar-refractivity contribution in [3.05, 3.63) is 47.8 Å². The number of hydrogen-bond acceptors (Lipinski definition) is 3. The highest BCUT2D eigenvalue weighted by Gasteiger charge is 2.25. The zero-order valence-corrected chi connectivity index (χ0v) is 12.3. The SMILES string of the molecule is CC(C(=O)O)n1cc(C(=O)N2CCCc3ccccc32)cn1. The smallest absolute Gasteiger partial charge is 0.328 e. The third-order valence-corrected chi connectivity index (χ3v) is 3.96. The molecule has 2 aromatic rings. The van der Waals surface area contributed by atoms with Gasteiger partial charge in [-0.25, -0.2) is 4.79 Å². The molecule has 0 saturated heterocycles. The molecule has 22 heavy (non-hydrogen) atoms. The van der Waals surface area contributed by atoms with Crippen LogP contribution in [0.5, 0.6) is 0 Å². The van der Waals surface area contributed by atoms with Crippen molar-refractivity contribution in [3.8, 4) is 0 Å². The number of anilines is 1. The summed E-state index contributed by atoms with van der Waals surface area (Å²) in [6.45, 7) is 2.19. The molecule has 1 unspecified atom stereocenters. The molecular formula is C16H17N3O3. The fourth-order valence-electron chi connectivity index (χ4n) is 2.67. The maximum Gasteiger partial charge on any atom is 0.328 e. The number of aliphatic carboxylic acids is 1. The number of fused-ring (bicyclic) bond motifs is 1. The Labute approximate surface area is 128 Å². The zero-order chi connectivity index (χ0) is 15.7. The van der Waals surface area contributed by atoms with Crippen LogP contribution in [-0.4, -0.2) is 33.3 Å². The molecule has 0 fully saturated rings. The number of carboxylic acid groups (broad SMARTS) is 1. The lowest BCUT2D eigenvalue weighted by Crippen LogP contribution is -2.35. The Bertz CT molecular complexity index is 723. The number of amides is 1. The van der Waals surface area contributed by atoms with E-state index in [0.29, 0.717) is 12.1 Å². The van der Waals surface area contributed by atoms with Crippen molar-refractivity contribution in [1.82, 2.24) is 9.78 Å². The number of carbonyl (C=O) groups excluding carboxylic acids is 1. The molecule has 1 atom stereocenters. The summed E-state index contributed by atoms with van der Waals surface area (Å²) in [5, 5.41) is 13.0. The van der Waals surface area contributed by atoms with Gasteiger partial charge < -0.3 is 10.0 Å². The summed E-state index contributed by atoms with van der Waals surface area (Å²) in [5.74, 6) is -1.12. The van der Waals surface area contributed by atoms with Crippen molar-refractivity contribution in [3.63, 3.8) is 0 Å². The van der Waals surface area contributed by atoms with Crippen molar-refractivity contribution in [2.75, 3.05) is 11.4 Å². The van der Waals surface area contributed by atoms with Gasteiger partial charge in [0.15, 0.2) is 0 Å². The average Bonchev–Trinajstić information content (AvgIpc) is 3.02. The van der Waals surface area contributed by atoms with Crippen LogP contribution < -0.4 is 4.90 Å². The van der Waals surface area contributed by atoms with Gasteiger partial charge in [-0.15, -0.1) is 0 Å². The van der Waals surface area contributed by atoms with E-state index >= 15 is 0 Å². The summed E-state index contributed by atoms with van der Waals surface area (Å²) >= 11 is 0. The largest absolute Gasteiger partial charge is 0.480 e. The first-order chi connectivity index (χ1) is 10.6. The van der Waals surface area contributed by atoms with E-state index in [9.17, 15) is 9.59 Å². The summed E-state index contributed by atoms with van der Waals surface area (Å²) < 4.78 is 1.30. The number of nitrogens with zero attached hydrogens (tertiary/aromatic N) is 3. The molecule has 1 aliphatic heterocycles. The van der Waals surface area contributed by atoms with Crippen LogP contribution in [0.1, 0.15) is 35.3 Å². The van der Waals surface area contributed by atoms with Gasteiger partial charge in [-0.1, -0.05) is 18.2 Å². The Balaban J connectivity index is 1.88. The fourth-order valence-corrected chi connectivity index (χ4v) is 2.67. The van der Waals surface area contributed by atoms with Crippen LogP contribution in [-0.2, 0) is 11.2 Å². The monoisotopic (exact) mass is 299 g/mol. The predicted octanol–water partition coefficient (Wildman–Crippen LogP) is 2.12. The van der Waals surface area contributed by atoms with Gasteiger partial charge >= 0.3 is 5.97 Å². The molecule has 114 valence electrons. The quantitative estimate of drug-likeness (QED) is 0.942. The number of benzene rings is 1. The third kappa shape index (κ3) is 2.47. The molecule has 2 heterocycles. The van der Waals surface area contributed by atoms with Crippen LogP contribution in [0, 0.1) is 0 Å². The van der Waals surface area contributed by atoms with Crippen LogP contribution in [0.25, 0.3) is 0 Å². The number of aromatic nitrogens is 2. The molecule has 0 radical (unpaired) electrons. The van der Waals surface area contributed by atoms with Crippen molar-refractivity contribution < 1.29 is 14.7 Å². The molecule has 1 aromatic carbocycles. The van der Waals surface area contributed by atoms with Crippen LogP contribution in [0.2, 0.25) is 0 Å². The van der Waals surface area contributed by atoms with Gasteiger partial charge in [0.25, 0.3) is 5.91 Å². The fraction of sp³-hybridized carbons (Fsp3) is 0.312. The number of hydrogen-bond donors (Lipinski definition) is 1. The lowest BCUT2D eigenvalue weighted by molar-refractivity contribution is -0.140. The second-order valence-corrected chi connectivity index (χ2v) is 5.41. The Morgan fingerprint density at radius 2 is 2.09 bits per heavy atom. The molecule has 0 spiro atoms. The molecule has 1 N–H and O–H groups in total. The summed E-state index contributed by atoms with van der Waals surface area (Å²) in [4.78, 5) is 25.4. The second kappa shape index (κ2) is 5.63. The minimum atomic E-state index is -0.981. The van der Waals surface area contributed by atoms with Crippen LogP contribution >= 0.6 is 0 Å². The highest BCUT2D eigenvalue weighted by molar-refractivity contribution is 6.06. The van der Waals surface area contributed by atoms with Gasteiger partial charge in [0, 0.05) is 18.4 Å². The van der Waals surface area contributed by atoms with E-state index in [1.165, 1.54) is 24.0 Å². The molecule has 1 amide bonds. The molecule has 0 bridgehead atoms. The van der Waals surface area contributed by atoms with E-state index in [4.69, 9.17) is 5.11 Å². The highest BCUT2D eigenvalue weighted by Crippen LogP contribution is 2.28.